The first-order chi connectivity index (χ1) is 10.9. The van der Waals surface area contributed by atoms with E-state index in [-0.39, 0.29) is 11.2 Å². The van der Waals surface area contributed by atoms with Crippen molar-refractivity contribution in [2.75, 3.05) is 0 Å². The highest BCUT2D eigenvalue weighted by Gasteiger charge is 2.54. The molecule has 4 unspecified atom stereocenters. The van der Waals surface area contributed by atoms with Gasteiger partial charge in [0.25, 0.3) is 0 Å². The minimum atomic E-state index is -1.08. The number of aliphatic hydroxyl groups excluding tert-OH is 1. The summed E-state index contributed by atoms with van der Waals surface area (Å²) in [7, 11) is 0. The Labute approximate surface area is 138 Å². The van der Waals surface area contributed by atoms with Gasteiger partial charge in [-0.15, -0.1) is 13.2 Å². The molecule has 1 aromatic rings. The predicted octanol–water partition coefficient (Wildman–Crippen LogP) is 3.23. The van der Waals surface area contributed by atoms with Gasteiger partial charge >= 0.3 is 0 Å². The number of aryl methyl sites for hydroxylation is 1. The molecule has 124 valence electrons. The molecule has 3 N–H and O–H groups in total. The molecule has 1 fully saturated rings. The van der Waals surface area contributed by atoms with Crippen LogP contribution in [0.25, 0.3) is 0 Å². The van der Waals surface area contributed by atoms with Gasteiger partial charge in [-0.3, -0.25) is 0 Å². The monoisotopic (exact) mass is 314 g/mol. The third-order valence-corrected chi connectivity index (χ3v) is 5.95. The summed E-state index contributed by atoms with van der Waals surface area (Å²) in [6.45, 7) is 7.64. The van der Waals surface area contributed by atoms with Gasteiger partial charge in [0, 0.05) is 5.41 Å². The molecule has 23 heavy (non-hydrogen) atoms. The van der Waals surface area contributed by atoms with Crippen molar-refractivity contribution in [3.8, 4) is 5.75 Å². The third kappa shape index (κ3) is 2.52. The summed E-state index contributed by atoms with van der Waals surface area (Å²) >= 11 is 0. The molecule has 0 spiro atoms. The molecule has 2 aliphatic rings. The molecule has 0 aliphatic heterocycles. The first kappa shape index (κ1) is 16.3. The Kier molecular flexibility index (Phi) is 4.11. The van der Waals surface area contributed by atoms with E-state index in [0.29, 0.717) is 25.2 Å². The Balaban J connectivity index is 2.06. The van der Waals surface area contributed by atoms with Crippen molar-refractivity contribution in [1.82, 2.24) is 0 Å². The summed E-state index contributed by atoms with van der Waals surface area (Å²) in [5, 5.41) is 31.3. The minimum Gasteiger partial charge on any atom is -0.508 e. The van der Waals surface area contributed by atoms with Crippen molar-refractivity contribution in [2.24, 2.45) is 5.92 Å². The standard InChI is InChI=1S/C20H26O3/c1-3-9-19-13-18(22)20(23,10-4-2)12-15(19)6-5-14-11-16(21)7-8-17(14)19/h3-4,7-8,11,15,18,21-23H,1-2,5-6,9-10,12-13H2. The largest absolute Gasteiger partial charge is 0.508 e. The van der Waals surface area contributed by atoms with Gasteiger partial charge < -0.3 is 15.3 Å². The van der Waals surface area contributed by atoms with Crippen LogP contribution in [-0.4, -0.2) is 27.0 Å². The summed E-state index contributed by atoms with van der Waals surface area (Å²) in [6.07, 6.45) is 6.97. The Morgan fingerprint density at radius 3 is 2.61 bits per heavy atom. The molecule has 3 nitrogen and oxygen atoms in total. The molecule has 1 aromatic carbocycles. The fourth-order valence-electron chi connectivity index (χ4n) is 4.86. The molecule has 3 heteroatoms. The number of aromatic hydroxyl groups is 1. The Morgan fingerprint density at radius 2 is 1.91 bits per heavy atom. The average Bonchev–Trinajstić information content (AvgIpc) is 2.49. The number of allylic oxidation sites excluding steroid dienone is 1. The molecule has 3 rings (SSSR count). The second-order valence-electron chi connectivity index (χ2n) is 7.25. The summed E-state index contributed by atoms with van der Waals surface area (Å²) < 4.78 is 0. The van der Waals surface area contributed by atoms with Crippen molar-refractivity contribution in [3.05, 3.63) is 54.6 Å². The number of benzene rings is 1. The van der Waals surface area contributed by atoms with Crippen LogP contribution < -0.4 is 0 Å². The normalized spacial score (nSPS) is 35.9. The van der Waals surface area contributed by atoms with Crippen LogP contribution in [0.4, 0.5) is 0 Å². The van der Waals surface area contributed by atoms with Crippen LogP contribution in [0.3, 0.4) is 0 Å². The average molecular weight is 314 g/mol. The molecule has 0 radical (unpaired) electrons. The van der Waals surface area contributed by atoms with Crippen LogP contribution in [-0.2, 0) is 11.8 Å². The van der Waals surface area contributed by atoms with Gasteiger partial charge in [-0.1, -0.05) is 18.2 Å². The van der Waals surface area contributed by atoms with Gasteiger partial charge in [0.2, 0.25) is 0 Å². The van der Waals surface area contributed by atoms with Crippen LogP contribution in [0.15, 0.2) is 43.5 Å². The highest BCUT2D eigenvalue weighted by atomic mass is 16.3. The SMILES string of the molecule is C=CCC1(O)CC2CCc3cc(O)ccc3C2(CC=C)CC1O. The highest BCUT2D eigenvalue weighted by Crippen LogP contribution is 2.55. The summed E-state index contributed by atoms with van der Waals surface area (Å²) in [5.41, 5.74) is 1.08. The number of phenolic OH excluding ortho intramolecular Hbond substituents is 1. The number of hydrogen-bond acceptors (Lipinski definition) is 3. The van der Waals surface area contributed by atoms with E-state index in [2.05, 4.69) is 13.2 Å². The Morgan fingerprint density at radius 1 is 1.17 bits per heavy atom. The number of aliphatic hydroxyl groups is 2. The summed E-state index contributed by atoms with van der Waals surface area (Å²) in [5.74, 6) is 0.585. The minimum absolute atomic E-state index is 0.199. The maximum Gasteiger partial charge on any atom is 0.115 e. The molecule has 0 heterocycles. The first-order valence-electron chi connectivity index (χ1n) is 8.40. The lowest BCUT2D eigenvalue weighted by Crippen LogP contribution is -2.57. The Hall–Kier alpha value is -1.58. The van der Waals surface area contributed by atoms with E-state index in [0.717, 1.165) is 24.8 Å². The zero-order valence-corrected chi connectivity index (χ0v) is 13.5. The molecule has 1 saturated carbocycles. The number of phenols is 1. The maximum absolute atomic E-state index is 10.9. The van der Waals surface area contributed by atoms with E-state index >= 15 is 0 Å². The van der Waals surface area contributed by atoms with E-state index in [1.807, 2.05) is 18.2 Å². The quantitative estimate of drug-likeness (QED) is 0.748. The van der Waals surface area contributed by atoms with Gasteiger partial charge in [0.05, 0.1) is 11.7 Å². The van der Waals surface area contributed by atoms with E-state index < -0.39 is 11.7 Å². The second kappa shape index (κ2) is 5.81. The predicted molar refractivity (Wildman–Crippen MR) is 91.4 cm³/mol. The van der Waals surface area contributed by atoms with Crippen LogP contribution >= 0.6 is 0 Å². The molecule has 2 aliphatic carbocycles. The lowest BCUT2D eigenvalue weighted by molar-refractivity contribution is -0.137. The van der Waals surface area contributed by atoms with Crippen molar-refractivity contribution in [3.63, 3.8) is 0 Å². The van der Waals surface area contributed by atoms with Gasteiger partial charge in [0.1, 0.15) is 5.75 Å². The number of hydrogen-bond donors (Lipinski definition) is 3. The summed E-state index contributed by atoms with van der Waals surface area (Å²) in [4.78, 5) is 0. The lowest BCUT2D eigenvalue weighted by atomic mass is 9.52. The third-order valence-electron chi connectivity index (χ3n) is 5.95. The van der Waals surface area contributed by atoms with Gasteiger partial charge in [-0.25, -0.2) is 0 Å². The molecule has 0 aromatic heterocycles. The molecule has 0 saturated heterocycles. The van der Waals surface area contributed by atoms with Crippen molar-refractivity contribution in [2.45, 2.75) is 55.6 Å². The van der Waals surface area contributed by atoms with E-state index in [9.17, 15) is 15.3 Å². The van der Waals surface area contributed by atoms with Crippen LogP contribution in [0.1, 0.15) is 43.2 Å². The molecule has 0 amide bonds. The van der Waals surface area contributed by atoms with Gasteiger partial charge in [0.15, 0.2) is 0 Å². The van der Waals surface area contributed by atoms with Crippen molar-refractivity contribution < 1.29 is 15.3 Å². The molecular formula is C20H26O3. The number of rotatable bonds is 4. The Bertz CT molecular complexity index is 623. The smallest absolute Gasteiger partial charge is 0.115 e. The fraction of sp³-hybridized carbons (Fsp3) is 0.500. The lowest BCUT2D eigenvalue weighted by Gasteiger charge is -2.55. The zero-order valence-electron chi connectivity index (χ0n) is 13.5. The van der Waals surface area contributed by atoms with E-state index in [1.165, 1.54) is 5.56 Å². The van der Waals surface area contributed by atoms with E-state index in [4.69, 9.17) is 0 Å². The maximum atomic E-state index is 10.9. The van der Waals surface area contributed by atoms with Gasteiger partial charge in [-0.2, -0.15) is 0 Å². The van der Waals surface area contributed by atoms with Crippen LogP contribution in [0, 0.1) is 5.92 Å². The van der Waals surface area contributed by atoms with E-state index in [1.54, 1.807) is 12.1 Å². The van der Waals surface area contributed by atoms with Crippen molar-refractivity contribution in [1.29, 1.82) is 0 Å². The molecule has 0 bridgehead atoms. The van der Waals surface area contributed by atoms with Crippen molar-refractivity contribution >= 4 is 0 Å². The summed E-state index contributed by atoms with van der Waals surface area (Å²) in [6, 6.07) is 5.56. The number of fused-ring (bicyclic) bond motifs is 3. The van der Waals surface area contributed by atoms with Crippen LogP contribution in [0.5, 0.6) is 5.75 Å². The van der Waals surface area contributed by atoms with Gasteiger partial charge in [-0.05, 0) is 67.7 Å². The molecular weight excluding hydrogens is 288 g/mol. The van der Waals surface area contributed by atoms with Crippen LogP contribution in [0.2, 0.25) is 0 Å². The first-order valence-corrected chi connectivity index (χ1v) is 8.40. The fourth-order valence-corrected chi connectivity index (χ4v) is 4.86. The second-order valence-corrected chi connectivity index (χ2v) is 7.25. The topological polar surface area (TPSA) is 60.7 Å². The molecule has 4 atom stereocenters. The highest BCUT2D eigenvalue weighted by molar-refractivity contribution is 5.44. The zero-order chi connectivity index (χ0) is 16.7.